The summed E-state index contributed by atoms with van der Waals surface area (Å²) in [6.45, 7) is 2.37. The Bertz CT molecular complexity index is 635. The Morgan fingerprint density at radius 2 is 1.24 bits per heavy atom. The van der Waals surface area contributed by atoms with E-state index in [1.165, 1.54) is 0 Å². The van der Waals surface area contributed by atoms with E-state index >= 15 is 0 Å². The van der Waals surface area contributed by atoms with Crippen molar-refractivity contribution in [2.75, 3.05) is 59.4 Å². The molecule has 1 aliphatic rings. The standard InChI is InChI=1S/C22H42N2O10/c1-19(2)4-16(24-18(32)34-15-22(11-28,12-29)13-30)5-20(3,6-19)7-23-17(31)33-14-21(8-25,9-26)10-27/h16,25-30H,4-15H2,1-3H3,(H,23,31)(H,24,32). The van der Waals surface area contributed by atoms with Gasteiger partial charge in [-0.15, -0.1) is 0 Å². The molecule has 34 heavy (non-hydrogen) atoms. The third kappa shape index (κ3) is 8.82. The number of hydrogen-bond acceptors (Lipinski definition) is 10. The van der Waals surface area contributed by atoms with Gasteiger partial charge in [-0.1, -0.05) is 20.8 Å². The van der Waals surface area contributed by atoms with Gasteiger partial charge in [0.2, 0.25) is 0 Å². The largest absolute Gasteiger partial charge is 0.449 e. The van der Waals surface area contributed by atoms with Crippen molar-refractivity contribution in [2.24, 2.45) is 21.7 Å². The Kier molecular flexibility index (Phi) is 11.5. The van der Waals surface area contributed by atoms with Crippen LogP contribution in [0.3, 0.4) is 0 Å². The van der Waals surface area contributed by atoms with Crippen LogP contribution in [-0.2, 0) is 9.47 Å². The average Bonchev–Trinajstić information content (AvgIpc) is 2.79. The second kappa shape index (κ2) is 12.8. The number of rotatable bonds is 13. The zero-order chi connectivity index (χ0) is 26.0. The van der Waals surface area contributed by atoms with Gasteiger partial charge in [-0.3, -0.25) is 0 Å². The molecule has 1 aliphatic carbocycles. The fourth-order valence-electron chi connectivity index (χ4n) is 4.43. The van der Waals surface area contributed by atoms with Crippen LogP contribution in [0.5, 0.6) is 0 Å². The molecule has 1 saturated carbocycles. The van der Waals surface area contributed by atoms with Gasteiger partial charge in [0.05, 0.1) is 50.5 Å². The SMILES string of the molecule is CC1(C)CC(NC(=O)OCC(CO)(CO)CO)CC(C)(CNC(=O)OCC(CO)(CO)CO)C1. The fourth-order valence-corrected chi connectivity index (χ4v) is 4.43. The minimum absolute atomic E-state index is 0.165. The molecule has 0 radical (unpaired) electrons. The maximum atomic E-state index is 12.3. The Labute approximate surface area is 200 Å². The topological polar surface area (TPSA) is 198 Å². The van der Waals surface area contributed by atoms with Crippen molar-refractivity contribution in [3.63, 3.8) is 0 Å². The maximum Gasteiger partial charge on any atom is 0.407 e. The van der Waals surface area contributed by atoms with Crippen LogP contribution in [0.15, 0.2) is 0 Å². The van der Waals surface area contributed by atoms with Gasteiger partial charge < -0.3 is 50.7 Å². The van der Waals surface area contributed by atoms with Crippen molar-refractivity contribution in [3.8, 4) is 0 Å². The normalized spacial score (nSPS) is 22.7. The van der Waals surface area contributed by atoms with Gasteiger partial charge in [-0.25, -0.2) is 9.59 Å². The van der Waals surface area contributed by atoms with Crippen molar-refractivity contribution in [1.29, 1.82) is 0 Å². The first-order valence-corrected chi connectivity index (χ1v) is 11.3. The molecule has 0 aromatic rings. The smallest absolute Gasteiger partial charge is 0.407 e. The number of nitrogens with one attached hydrogen (secondary N) is 2. The van der Waals surface area contributed by atoms with Crippen LogP contribution in [0.25, 0.3) is 0 Å². The van der Waals surface area contributed by atoms with Crippen molar-refractivity contribution >= 4 is 12.2 Å². The van der Waals surface area contributed by atoms with Gasteiger partial charge in [0.1, 0.15) is 13.2 Å². The van der Waals surface area contributed by atoms with Crippen LogP contribution in [0, 0.1) is 21.7 Å². The Morgan fingerprint density at radius 3 is 1.68 bits per heavy atom. The van der Waals surface area contributed by atoms with Crippen molar-refractivity contribution in [2.45, 2.75) is 46.1 Å². The predicted molar refractivity (Wildman–Crippen MR) is 121 cm³/mol. The molecule has 2 atom stereocenters. The summed E-state index contributed by atoms with van der Waals surface area (Å²) < 4.78 is 10.2. The summed E-state index contributed by atoms with van der Waals surface area (Å²) in [4.78, 5) is 24.5. The van der Waals surface area contributed by atoms with E-state index in [4.69, 9.17) is 9.47 Å². The monoisotopic (exact) mass is 494 g/mol. The average molecular weight is 495 g/mol. The number of ether oxygens (including phenoxy) is 2. The number of alkyl carbamates (subject to hydrolysis) is 2. The fraction of sp³-hybridized carbons (Fsp3) is 0.909. The first kappa shape index (κ1) is 30.3. The molecule has 12 heteroatoms. The van der Waals surface area contributed by atoms with E-state index in [2.05, 4.69) is 24.5 Å². The lowest BCUT2D eigenvalue weighted by Gasteiger charge is -2.46. The van der Waals surface area contributed by atoms with Crippen LogP contribution in [0.1, 0.15) is 40.0 Å². The Morgan fingerprint density at radius 1 is 0.794 bits per heavy atom. The summed E-state index contributed by atoms with van der Waals surface area (Å²) >= 11 is 0. The number of aliphatic hydroxyl groups excluding tert-OH is 6. The van der Waals surface area contributed by atoms with Gasteiger partial charge >= 0.3 is 12.2 Å². The van der Waals surface area contributed by atoms with Crippen LogP contribution in [0.2, 0.25) is 0 Å². The van der Waals surface area contributed by atoms with E-state index in [1.807, 2.05) is 6.92 Å². The molecule has 12 nitrogen and oxygen atoms in total. The summed E-state index contributed by atoms with van der Waals surface area (Å²) in [5, 5.41) is 61.6. The second-order valence-electron chi connectivity index (χ2n) is 10.9. The molecule has 0 saturated heterocycles. The molecule has 8 N–H and O–H groups in total. The summed E-state index contributed by atoms with van der Waals surface area (Å²) in [6.07, 6.45) is 0.473. The molecule has 0 heterocycles. The lowest BCUT2D eigenvalue weighted by molar-refractivity contribution is -0.0400. The predicted octanol–water partition coefficient (Wildman–Crippen LogP) is -1.05. The van der Waals surface area contributed by atoms with E-state index in [0.29, 0.717) is 12.8 Å². The molecule has 0 bridgehead atoms. The molecular formula is C22H42N2O10. The summed E-state index contributed by atoms with van der Waals surface area (Å²) in [6, 6.07) is -0.267. The van der Waals surface area contributed by atoms with Crippen molar-refractivity contribution < 1.29 is 49.7 Å². The maximum absolute atomic E-state index is 12.3. The number of amides is 2. The van der Waals surface area contributed by atoms with Crippen LogP contribution < -0.4 is 10.6 Å². The highest BCUT2D eigenvalue weighted by molar-refractivity contribution is 5.68. The summed E-state index contributed by atoms with van der Waals surface area (Å²) in [7, 11) is 0. The first-order valence-electron chi connectivity index (χ1n) is 11.3. The zero-order valence-electron chi connectivity index (χ0n) is 20.4. The summed E-state index contributed by atoms with van der Waals surface area (Å²) in [5.41, 5.74) is -3.20. The molecule has 0 aromatic carbocycles. The molecule has 0 aliphatic heterocycles. The summed E-state index contributed by atoms with van der Waals surface area (Å²) in [5.74, 6) is 0. The first-order chi connectivity index (χ1) is 15.9. The van der Waals surface area contributed by atoms with Crippen LogP contribution in [-0.4, -0.2) is 108 Å². The number of carbonyl (C=O) groups is 2. The molecule has 1 rings (SSSR count). The Hall–Kier alpha value is -1.70. The van der Waals surface area contributed by atoms with Crippen molar-refractivity contribution in [3.05, 3.63) is 0 Å². The van der Waals surface area contributed by atoms with Gasteiger partial charge in [0.25, 0.3) is 0 Å². The number of hydrogen-bond donors (Lipinski definition) is 8. The molecular weight excluding hydrogens is 452 g/mol. The van der Waals surface area contributed by atoms with Crippen LogP contribution >= 0.6 is 0 Å². The Balaban J connectivity index is 2.67. The number of aliphatic hydroxyl groups is 6. The lowest BCUT2D eigenvalue weighted by atomic mass is 9.62. The lowest BCUT2D eigenvalue weighted by Crippen LogP contribution is -2.51. The molecule has 200 valence electrons. The molecule has 0 spiro atoms. The van der Waals surface area contributed by atoms with Gasteiger partial charge in [0.15, 0.2) is 0 Å². The van der Waals surface area contributed by atoms with E-state index in [1.54, 1.807) is 0 Å². The molecule has 2 amide bonds. The van der Waals surface area contributed by atoms with E-state index in [-0.39, 0.29) is 31.2 Å². The third-order valence-corrected chi connectivity index (χ3v) is 6.46. The third-order valence-electron chi connectivity index (χ3n) is 6.46. The zero-order valence-corrected chi connectivity index (χ0v) is 20.4. The highest BCUT2D eigenvalue weighted by Gasteiger charge is 2.42. The van der Waals surface area contributed by atoms with Gasteiger partial charge in [-0.05, 0) is 30.1 Å². The highest BCUT2D eigenvalue weighted by Crippen LogP contribution is 2.45. The van der Waals surface area contributed by atoms with Crippen LogP contribution in [0.4, 0.5) is 9.59 Å². The van der Waals surface area contributed by atoms with E-state index < -0.39 is 68.1 Å². The van der Waals surface area contributed by atoms with E-state index in [0.717, 1.165) is 6.42 Å². The molecule has 1 fully saturated rings. The second-order valence-corrected chi connectivity index (χ2v) is 10.9. The molecule has 0 aromatic heterocycles. The van der Waals surface area contributed by atoms with E-state index in [9.17, 15) is 40.2 Å². The van der Waals surface area contributed by atoms with Gasteiger partial charge in [-0.2, -0.15) is 0 Å². The quantitative estimate of drug-likeness (QED) is 0.156. The minimum Gasteiger partial charge on any atom is -0.449 e. The highest BCUT2D eigenvalue weighted by atomic mass is 16.6. The van der Waals surface area contributed by atoms with Gasteiger partial charge in [0, 0.05) is 12.6 Å². The molecule has 2 unspecified atom stereocenters. The minimum atomic E-state index is -1.32. The number of carbonyl (C=O) groups excluding carboxylic acids is 2. The van der Waals surface area contributed by atoms with Crippen molar-refractivity contribution in [1.82, 2.24) is 10.6 Å².